The Morgan fingerprint density at radius 2 is 1.66 bits per heavy atom. The van der Waals surface area contributed by atoms with E-state index in [4.69, 9.17) is 4.74 Å². The van der Waals surface area contributed by atoms with Gasteiger partial charge in [0.05, 0.1) is 5.69 Å². The molecule has 3 aromatic rings. The number of likely N-dealkylation sites (tertiary alicyclic amines) is 1. The van der Waals surface area contributed by atoms with Crippen LogP contribution in [0.1, 0.15) is 51.6 Å². The van der Waals surface area contributed by atoms with Gasteiger partial charge in [-0.25, -0.2) is 0 Å². The summed E-state index contributed by atoms with van der Waals surface area (Å²) in [7, 11) is 0. The molecule has 0 bridgehead atoms. The number of amides is 2. The molecule has 6 nitrogen and oxygen atoms in total. The van der Waals surface area contributed by atoms with Crippen LogP contribution in [0.3, 0.4) is 0 Å². The number of hydrogen-bond acceptors (Lipinski definition) is 4. The van der Waals surface area contributed by atoms with Crippen molar-refractivity contribution in [3.8, 4) is 16.9 Å². The molecule has 1 N–H and O–H groups in total. The van der Waals surface area contributed by atoms with Crippen molar-refractivity contribution in [2.75, 3.05) is 18.4 Å². The molecule has 1 atom stereocenters. The molecule has 0 aromatic heterocycles. The minimum atomic E-state index is -0.550. The first-order chi connectivity index (χ1) is 17.0. The number of fused-ring (bicyclic) bond motifs is 4. The van der Waals surface area contributed by atoms with Gasteiger partial charge in [-0.3, -0.25) is 14.4 Å². The number of nitrogens with one attached hydrogen (secondary N) is 1. The molecular weight excluding hydrogens is 440 g/mol. The summed E-state index contributed by atoms with van der Waals surface area (Å²) in [5.74, 6) is 0.269. The quantitative estimate of drug-likeness (QED) is 0.444. The van der Waals surface area contributed by atoms with Crippen LogP contribution in [0, 0.1) is 5.92 Å². The first kappa shape index (κ1) is 21.6. The highest BCUT2D eigenvalue weighted by Gasteiger charge is 2.31. The van der Waals surface area contributed by atoms with Crippen molar-refractivity contribution in [1.29, 1.82) is 0 Å². The number of Topliss-reactive ketones (excluding diaryl/α,β-unsaturated/α-hetero) is 1. The van der Waals surface area contributed by atoms with Gasteiger partial charge < -0.3 is 15.0 Å². The van der Waals surface area contributed by atoms with E-state index in [1.54, 1.807) is 25.1 Å². The lowest BCUT2D eigenvalue weighted by Crippen LogP contribution is -2.40. The first-order valence-corrected chi connectivity index (χ1v) is 12.1. The van der Waals surface area contributed by atoms with Crippen LogP contribution >= 0.6 is 0 Å². The Hall–Kier alpha value is -3.93. The number of nitrogens with zero attached hydrogens (tertiary/aromatic N) is 1. The summed E-state index contributed by atoms with van der Waals surface area (Å²) in [5, 5.41) is 2.80. The van der Waals surface area contributed by atoms with Gasteiger partial charge in [0.2, 0.25) is 0 Å². The zero-order valence-electron chi connectivity index (χ0n) is 19.5. The maximum atomic E-state index is 13.3. The number of benzene rings is 3. The minimum Gasteiger partial charge on any atom is -0.479 e. The maximum absolute atomic E-state index is 13.3. The van der Waals surface area contributed by atoms with E-state index in [2.05, 4.69) is 29.6 Å². The highest BCUT2D eigenvalue weighted by molar-refractivity contribution is 6.03. The van der Waals surface area contributed by atoms with Crippen LogP contribution in [0.4, 0.5) is 5.69 Å². The number of rotatable bonds is 3. The van der Waals surface area contributed by atoms with E-state index in [0.717, 1.165) is 12.0 Å². The smallest absolute Gasteiger partial charge is 0.265 e. The van der Waals surface area contributed by atoms with Crippen molar-refractivity contribution in [3.05, 3.63) is 82.9 Å². The lowest BCUT2D eigenvalue weighted by molar-refractivity contribution is -0.122. The number of carbonyl (C=O) groups excluding carboxylic acids is 3. The third-order valence-corrected chi connectivity index (χ3v) is 7.39. The average molecular weight is 467 g/mol. The Kier molecular flexibility index (Phi) is 5.17. The van der Waals surface area contributed by atoms with E-state index in [-0.39, 0.29) is 23.5 Å². The number of piperidine rings is 1. The molecule has 2 amide bonds. The van der Waals surface area contributed by atoms with Gasteiger partial charge in [0, 0.05) is 30.1 Å². The monoisotopic (exact) mass is 466 g/mol. The Balaban J connectivity index is 1.13. The lowest BCUT2D eigenvalue weighted by Gasteiger charge is -2.31. The third-order valence-electron chi connectivity index (χ3n) is 7.39. The Morgan fingerprint density at radius 1 is 0.914 bits per heavy atom. The Labute approximate surface area is 203 Å². The summed E-state index contributed by atoms with van der Waals surface area (Å²) in [6.07, 6.45) is 1.60. The van der Waals surface area contributed by atoms with Crippen molar-refractivity contribution < 1.29 is 19.1 Å². The largest absolute Gasteiger partial charge is 0.479 e. The van der Waals surface area contributed by atoms with E-state index in [1.165, 1.54) is 16.7 Å². The number of hydrogen-bond donors (Lipinski definition) is 1. The molecular formula is C29H26N2O4. The van der Waals surface area contributed by atoms with Crippen LogP contribution in [-0.4, -0.2) is 41.7 Å². The van der Waals surface area contributed by atoms with E-state index >= 15 is 0 Å². The molecule has 176 valence electrons. The molecule has 1 unspecified atom stereocenters. The van der Waals surface area contributed by atoms with Crippen LogP contribution in [0.2, 0.25) is 0 Å². The van der Waals surface area contributed by atoms with Crippen molar-refractivity contribution in [3.63, 3.8) is 0 Å². The second kappa shape index (κ2) is 8.38. The van der Waals surface area contributed by atoms with Gasteiger partial charge in [-0.1, -0.05) is 30.3 Å². The van der Waals surface area contributed by atoms with E-state index in [0.29, 0.717) is 48.5 Å². The molecule has 3 aromatic carbocycles. The molecule has 6 rings (SSSR count). The molecule has 0 radical (unpaired) electrons. The summed E-state index contributed by atoms with van der Waals surface area (Å²) in [6.45, 7) is 2.78. The predicted molar refractivity (Wildman–Crippen MR) is 133 cm³/mol. The second-order valence-corrected chi connectivity index (χ2v) is 9.60. The zero-order chi connectivity index (χ0) is 24.1. The van der Waals surface area contributed by atoms with Crippen LogP contribution in [-0.2, 0) is 11.2 Å². The summed E-state index contributed by atoms with van der Waals surface area (Å²) in [4.78, 5) is 40.2. The summed E-state index contributed by atoms with van der Waals surface area (Å²) in [5.41, 5.74) is 6.71. The lowest BCUT2D eigenvalue weighted by atomic mass is 9.88. The number of ether oxygens (including phenoxy) is 1. The van der Waals surface area contributed by atoms with Gasteiger partial charge in [-0.15, -0.1) is 0 Å². The fourth-order valence-electron chi connectivity index (χ4n) is 5.38. The SMILES string of the molecule is CC1Oc2ccc(C(=O)C3CCN(C(=O)c4ccc5c(c4)-c4ccccc4C5)CC3)cc2NC1=O. The number of carbonyl (C=O) groups is 3. The van der Waals surface area contributed by atoms with Crippen LogP contribution in [0.15, 0.2) is 60.7 Å². The average Bonchev–Trinajstić information content (AvgIpc) is 3.26. The van der Waals surface area contributed by atoms with Gasteiger partial charge in [0.15, 0.2) is 11.9 Å². The minimum absolute atomic E-state index is 0.0193. The fourth-order valence-corrected chi connectivity index (χ4v) is 5.38. The summed E-state index contributed by atoms with van der Waals surface area (Å²) < 4.78 is 5.59. The van der Waals surface area contributed by atoms with Gasteiger partial charge in [-0.2, -0.15) is 0 Å². The molecule has 2 aliphatic heterocycles. The van der Waals surface area contributed by atoms with E-state index < -0.39 is 6.10 Å². The van der Waals surface area contributed by atoms with Crippen molar-refractivity contribution in [2.24, 2.45) is 5.92 Å². The Morgan fingerprint density at radius 3 is 2.49 bits per heavy atom. The highest BCUT2D eigenvalue weighted by atomic mass is 16.5. The van der Waals surface area contributed by atoms with Gasteiger partial charge in [0.1, 0.15) is 5.75 Å². The van der Waals surface area contributed by atoms with Gasteiger partial charge >= 0.3 is 0 Å². The second-order valence-electron chi connectivity index (χ2n) is 9.60. The molecule has 1 fully saturated rings. The van der Waals surface area contributed by atoms with Gasteiger partial charge in [0.25, 0.3) is 11.8 Å². The topological polar surface area (TPSA) is 75.7 Å². The van der Waals surface area contributed by atoms with E-state index in [1.807, 2.05) is 23.1 Å². The van der Waals surface area contributed by atoms with Gasteiger partial charge in [-0.05, 0) is 78.8 Å². The normalized spacial score (nSPS) is 18.7. The highest BCUT2D eigenvalue weighted by Crippen LogP contribution is 2.37. The molecule has 0 saturated carbocycles. The maximum Gasteiger partial charge on any atom is 0.265 e. The van der Waals surface area contributed by atoms with Crippen LogP contribution in [0.25, 0.3) is 11.1 Å². The molecule has 6 heteroatoms. The fraction of sp³-hybridized carbons (Fsp3) is 0.276. The summed E-state index contributed by atoms with van der Waals surface area (Å²) in [6, 6.07) is 19.5. The van der Waals surface area contributed by atoms with Crippen LogP contribution < -0.4 is 10.1 Å². The molecule has 1 aliphatic carbocycles. The molecule has 3 aliphatic rings. The van der Waals surface area contributed by atoms with Crippen molar-refractivity contribution in [2.45, 2.75) is 32.3 Å². The molecule has 0 spiro atoms. The zero-order valence-corrected chi connectivity index (χ0v) is 19.5. The van der Waals surface area contributed by atoms with Crippen LogP contribution in [0.5, 0.6) is 5.75 Å². The standard InChI is InChI=1S/C29H26N2O4/c1-17-28(33)30-25-16-21(8-9-26(25)35-17)27(32)18-10-12-31(13-11-18)29(34)22-7-6-20-14-19-4-2-3-5-23(19)24(20)15-22/h2-9,15-18H,10-14H2,1H3,(H,30,33). The summed E-state index contributed by atoms with van der Waals surface area (Å²) >= 11 is 0. The van der Waals surface area contributed by atoms with Crippen molar-refractivity contribution in [1.82, 2.24) is 4.90 Å². The first-order valence-electron chi connectivity index (χ1n) is 12.1. The number of ketones is 1. The number of anilines is 1. The predicted octanol–water partition coefficient (Wildman–Crippen LogP) is 4.71. The molecule has 35 heavy (non-hydrogen) atoms. The third kappa shape index (κ3) is 3.79. The Bertz CT molecular complexity index is 1370. The van der Waals surface area contributed by atoms with Crippen molar-refractivity contribution >= 4 is 23.3 Å². The molecule has 2 heterocycles. The molecule has 1 saturated heterocycles. The van der Waals surface area contributed by atoms with E-state index in [9.17, 15) is 14.4 Å².